The summed E-state index contributed by atoms with van der Waals surface area (Å²) in [5.41, 5.74) is 1.55. The average Bonchev–Trinajstić information content (AvgIpc) is 2.84. The van der Waals surface area contributed by atoms with Crippen molar-refractivity contribution in [2.75, 3.05) is 11.9 Å². The molecule has 0 fully saturated rings. The fourth-order valence-corrected chi connectivity index (χ4v) is 1.76. The highest BCUT2D eigenvalue weighted by Gasteiger charge is 2.14. The summed E-state index contributed by atoms with van der Waals surface area (Å²) in [7, 11) is 0. The van der Waals surface area contributed by atoms with E-state index in [4.69, 9.17) is 0 Å². The molecule has 1 N–H and O–H groups in total. The zero-order chi connectivity index (χ0) is 13.0. The van der Waals surface area contributed by atoms with Crippen molar-refractivity contribution in [1.82, 2.24) is 9.78 Å². The Hall–Kier alpha value is -2.37. The minimum absolute atomic E-state index is 0.107. The number of nitro benzene ring substituents is 1. The SMILES string of the molecule is Cc1cccc([N+](=O)[O-])c1NCCn1cccn1. The minimum Gasteiger partial charge on any atom is -0.377 e. The lowest BCUT2D eigenvalue weighted by molar-refractivity contribution is -0.384. The van der Waals surface area contributed by atoms with Crippen molar-refractivity contribution in [2.45, 2.75) is 13.5 Å². The fraction of sp³-hybridized carbons (Fsp3) is 0.250. The minimum atomic E-state index is -0.372. The molecular weight excluding hydrogens is 232 g/mol. The first kappa shape index (κ1) is 12.1. The average molecular weight is 246 g/mol. The zero-order valence-corrected chi connectivity index (χ0v) is 10.0. The Kier molecular flexibility index (Phi) is 3.57. The van der Waals surface area contributed by atoms with E-state index < -0.39 is 0 Å². The molecular formula is C12H14N4O2. The first-order chi connectivity index (χ1) is 8.68. The molecule has 0 aliphatic carbocycles. The Labute approximate surface area is 104 Å². The summed E-state index contributed by atoms with van der Waals surface area (Å²) < 4.78 is 1.77. The van der Waals surface area contributed by atoms with Gasteiger partial charge in [0, 0.05) is 25.0 Å². The Morgan fingerprint density at radius 1 is 1.44 bits per heavy atom. The number of rotatable bonds is 5. The van der Waals surface area contributed by atoms with Gasteiger partial charge in [-0.15, -0.1) is 0 Å². The first-order valence-electron chi connectivity index (χ1n) is 5.64. The van der Waals surface area contributed by atoms with Gasteiger partial charge in [0.2, 0.25) is 0 Å². The number of hydrogen-bond donors (Lipinski definition) is 1. The third kappa shape index (κ3) is 2.65. The van der Waals surface area contributed by atoms with Gasteiger partial charge >= 0.3 is 0 Å². The maximum Gasteiger partial charge on any atom is 0.292 e. The van der Waals surface area contributed by atoms with Crippen LogP contribution in [0.15, 0.2) is 36.7 Å². The smallest absolute Gasteiger partial charge is 0.292 e. The van der Waals surface area contributed by atoms with Crippen LogP contribution in [-0.2, 0) is 6.54 Å². The number of aryl methyl sites for hydroxylation is 1. The maximum atomic E-state index is 10.9. The van der Waals surface area contributed by atoms with E-state index in [9.17, 15) is 10.1 Å². The molecule has 94 valence electrons. The summed E-state index contributed by atoms with van der Waals surface area (Å²) >= 11 is 0. The molecule has 0 bridgehead atoms. The Bertz CT molecular complexity index is 537. The quantitative estimate of drug-likeness (QED) is 0.648. The molecule has 0 aliphatic heterocycles. The molecule has 2 aromatic rings. The molecule has 0 amide bonds. The zero-order valence-electron chi connectivity index (χ0n) is 10.0. The van der Waals surface area contributed by atoms with E-state index >= 15 is 0 Å². The lowest BCUT2D eigenvalue weighted by Gasteiger charge is -2.09. The second-order valence-electron chi connectivity index (χ2n) is 3.92. The van der Waals surface area contributed by atoms with Crippen LogP contribution >= 0.6 is 0 Å². The largest absolute Gasteiger partial charge is 0.377 e. The highest BCUT2D eigenvalue weighted by Crippen LogP contribution is 2.27. The van der Waals surface area contributed by atoms with Crippen LogP contribution in [-0.4, -0.2) is 21.2 Å². The Balaban J connectivity index is 2.06. The fourth-order valence-electron chi connectivity index (χ4n) is 1.76. The molecule has 0 atom stereocenters. The number of hydrogen-bond acceptors (Lipinski definition) is 4. The van der Waals surface area contributed by atoms with Gasteiger partial charge in [0.25, 0.3) is 5.69 Å². The van der Waals surface area contributed by atoms with Crippen LogP contribution in [0.4, 0.5) is 11.4 Å². The molecule has 2 rings (SSSR count). The van der Waals surface area contributed by atoms with E-state index in [0.717, 1.165) is 5.56 Å². The van der Waals surface area contributed by atoms with Gasteiger partial charge in [0.15, 0.2) is 0 Å². The summed E-state index contributed by atoms with van der Waals surface area (Å²) in [5, 5.41) is 18.1. The van der Waals surface area contributed by atoms with Gasteiger partial charge in [0.05, 0.1) is 11.5 Å². The van der Waals surface area contributed by atoms with Crippen molar-refractivity contribution in [3.63, 3.8) is 0 Å². The normalized spacial score (nSPS) is 10.3. The highest BCUT2D eigenvalue weighted by atomic mass is 16.6. The van der Waals surface area contributed by atoms with Gasteiger partial charge in [-0.25, -0.2) is 0 Å². The number of anilines is 1. The van der Waals surface area contributed by atoms with Crippen molar-refractivity contribution >= 4 is 11.4 Å². The van der Waals surface area contributed by atoms with Crippen molar-refractivity contribution < 1.29 is 4.92 Å². The number of nitrogens with zero attached hydrogens (tertiary/aromatic N) is 3. The van der Waals surface area contributed by atoms with Gasteiger partial charge in [-0.3, -0.25) is 14.8 Å². The Morgan fingerprint density at radius 2 is 2.28 bits per heavy atom. The molecule has 1 aromatic carbocycles. The van der Waals surface area contributed by atoms with Gasteiger partial charge < -0.3 is 5.32 Å². The number of para-hydroxylation sites is 1. The van der Waals surface area contributed by atoms with Crippen molar-refractivity contribution in [2.24, 2.45) is 0 Å². The molecule has 0 radical (unpaired) electrons. The standard InChI is InChI=1S/C12H14N4O2/c1-10-4-2-5-11(16(17)18)12(10)13-7-9-15-8-3-6-14-15/h2-6,8,13H,7,9H2,1H3. The van der Waals surface area contributed by atoms with Crippen LogP contribution in [0.1, 0.15) is 5.56 Å². The summed E-state index contributed by atoms with van der Waals surface area (Å²) in [6, 6.07) is 6.88. The van der Waals surface area contributed by atoms with E-state index in [1.807, 2.05) is 25.3 Å². The third-order valence-corrected chi connectivity index (χ3v) is 2.65. The molecule has 18 heavy (non-hydrogen) atoms. The molecule has 6 heteroatoms. The predicted molar refractivity (Wildman–Crippen MR) is 68.6 cm³/mol. The molecule has 0 spiro atoms. The van der Waals surface area contributed by atoms with Crippen LogP contribution in [0.25, 0.3) is 0 Å². The number of benzene rings is 1. The third-order valence-electron chi connectivity index (χ3n) is 2.65. The van der Waals surface area contributed by atoms with E-state index in [1.165, 1.54) is 6.07 Å². The van der Waals surface area contributed by atoms with Crippen LogP contribution in [0.5, 0.6) is 0 Å². The molecule has 0 saturated heterocycles. The van der Waals surface area contributed by atoms with Gasteiger partial charge in [-0.2, -0.15) is 5.10 Å². The van der Waals surface area contributed by atoms with Crippen LogP contribution in [0, 0.1) is 17.0 Å². The monoisotopic (exact) mass is 246 g/mol. The molecule has 0 saturated carbocycles. The predicted octanol–water partition coefficient (Wildman–Crippen LogP) is 2.21. The van der Waals surface area contributed by atoms with Gasteiger partial charge in [0.1, 0.15) is 5.69 Å². The molecule has 0 unspecified atom stereocenters. The summed E-state index contributed by atoms with van der Waals surface area (Å²) in [4.78, 5) is 10.5. The lowest BCUT2D eigenvalue weighted by atomic mass is 10.1. The Morgan fingerprint density at radius 3 is 2.94 bits per heavy atom. The second-order valence-corrected chi connectivity index (χ2v) is 3.92. The topological polar surface area (TPSA) is 73.0 Å². The molecule has 0 aliphatic rings. The van der Waals surface area contributed by atoms with Crippen molar-refractivity contribution in [1.29, 1.82) is 0 Å². The maximum absolute atomic E-state index is 10.9. The molecule has 1 aromatic heterocycles. The van der Waals surface area contributed by atoms with Crippen LogP contribution in [0.3, 0.4) is 0 Å². The molecule has 6 nitrogen and oxygen atoms in total. The number of nitrogens with one attached hydrogen (secondary N) is 1. The summed E-state index contributed by atoms with van der Waals surface area (Å²) in [6.07, 6.45) is 3.56. The highest BCUT2D eigenvalue weighted by molar-refractivity contribution is 5.65. The van der Waals surface area contributed by atoms with E-state index in [0.29, 0.717) is 18.8 Å². The van der Waals surface area contributed by atoms with Gasteiger partial charge in [-0.1, -0.05) is 12.1 Å². The number of aromatic nitrogens is 2. The summed E-state index contributed by atoms with van der Waals surface area (Å²) in [6.45, 7) is 3.11. The molecule has 1 heterocycles. The van der Waals surface area contributed by atoms with E-state index in [-0.39, 0.29) is 10.6 Å². The van der Waals surface area contributed by atoms with Crippen LogP contribution in [0.2, 0.25) is 0 Å². The summed E-state index contributed by atoms with van der Waals surface area (Å²) in [5.74, 6) is 0. The second kappa shape index (κ2) is 5.31. The van der Waals surface area contributed by atoms with Crippen molar-refractivity contribution in [3.8, 4) is 0 Å². The van der Waals surface area contributed by atoms with Crippen LogP contribution < -0.4 is 5.32 Å². The first-order valence-corrected chi connectivity index (χ1v) is 5.64. The van der Waals surface area contributed by atoms with Gasteiger partial charge in [-0.05, 0) is 18.6 Å². The number of nitro groups is 1. The lowest BCUT2D eigenvalue weighted by Crippen LogP contribution is -2.12. The van der Waals surface area contributed by atoms with E-state index in [2.05, 4.69) is 10.4 Å². The van der Waals surface area contributed by atoms with E-state index in [1.54, 1.807) is 16.9 Å². The van der Waals surface area contributed by atoms with Crippen molar-refractivity contribution in [3.05, 3.63) is 52.3 Å².